The topological polar surface area (TPSA) is 99.1 Å². The Morgan fingerprint density at radius 2 is 1.40 bits per heavy atom. The van der Waals surface area contributed by atoms with Crippen LogP contribution in [0.4, 0.5) is 0 Å². The number of rotatable bonds is 3. The Morgan fingerprint density at radius 3 is 2.00 bits per heavy atom. The highest BCUT2D eigenvalue weighted by atomic mass is 16.5. The minimum atomic E-state index is 0.00630. The number of nitrogens with zero attached hydrogens (tertiary/aromatic N) is 3. The first-order valence-electron chi connectivity index (χ1n) is 3.63. The molecule has 0 aliphatic heterocycles. The smallest absolute Gasteiger partial charge is 0.292 e. The average Bonchev–Trinajstić information content (AvgIpc) is 2.23. The van der Waals surface area contributed by atoms with Crippen molar-refractivity contribution in [3.8, 4) is 36.0 Å². The van der Waals surface area contributed by atoms with Gasteiger partial charge in [-0.25, -0.2) is 0 Å². The molecule has 1 aromatic rings. The molecule has 0 saturated carbocycles. The number of benzene rings is 1. The summed E-state index contributed by atoms with van der Waals surface area (Å²) in [6.07, 6.45) is 4.32. The minimum absolute atomic E-state index is 0.00630. The van der Waals surface area contributed by atoms with Crippen LogP contribution in [0.1, 0.15) is 0 Å². The van der Waals surface area contributed by atoms with Crippen LogP contribution in [0.25, 0.3) is 0 Å². The molecule has 0 atom stereocenters. The predicted octanol–water partition coefficient (Wildman–Crippen LogP) is 1.27. The van der Waals surface area contributed by atoms with E-state index < -0.39 is 0 Å². The summed E-state index contributed by atoms with van der Waals surface area (Å²) in [7, 11) is 0. The molecule has 72 valence electrons. The van der Waals surface area contributed by atoms with Crippen LogP contribution >= 0.6 is 0 Å². The molecule has 0 unspecified atom stereocenters. The van der Waals surface area contributed by atoms with Crippen LogP contribution in [-0.2, 0) is 0 Å². The van der Waals surface area contributed by atoms with E-state index in [2.05, 4.69) is 14.2 Å². The molecule has 6 heteroatoms. The Kier molecular flexibility index (Phi) is 3.36. The van der Waals surface area contributed by atoms with Gasteiger partial charge in [0.2, 0.25) is 0 Å². The summed E-state index contributed by atoms with van der Waals surface area (Å²) >= 11 is 0. The first-order valence-corrected chi connectivity index (χ1v) is 3.63. The summed E-state index contributed by atoms with van der Waals surface area (Å²) in [6, 6.07) is 4.02. The first-order chi connectivity index (χ1) is 7.31. The van der Waals surface area contributed by atoms with Gasteiger partial charge in [-0.3, -0.25) is 0 Å². The molecule has 1 rings (SSSR count). The van der Waals surface area contributed by atoms with Gasteiger partial charge in [0.15, 0.2) is 11.5 Å². The van der Waals surface area contributed by atoms with Crippen LogP contribution in [0.15, 0.2) is 18.2 Å². The lowest BCUT2D eigenvalue weighted by atomic mass is 10.3. The maximum absolute atomic E-state index is 8.32. The van der Waals surface area contributed by atoms with Crippen molar-refractivity contribution in [3.05, 3.63) is 18.2 Å². The van der Waals surface area contributed by atoms with Crippen LogP contribution in [0.5, 0.6) is 17.2 Å². The summed E-state index contributed by atoms with van der Waals surface area (Å²) in [5.41, 5.74) is 0. The molecule has 0 N–H and O–H groups in total. The molecule has 0 aliphatic rings. The Hall–Kier alpha value is -2.91. The molecule has 6 nitrogen and oxygen atoms in total. The fourth-order valence-electron chi connectivity index (χ4n) is 0.867. The third-order valence-corrected chi connectivity index (χ3v) is 1.39. The van der Waals surface area contributed by atoms with Gasteiger partial charge in [-0.05, 0) is 12.1 Å². The van der Waals surface area contributed by atoms with Gasteiger partial charge in [0, 0.05) is 6.07 Å². The van der Waals surface area contributed by atoms with Crippen molar-refractivity contribution in [2.75, 3.05) is 0 Å². The first kappa shape index (κ1) is 10.2. The normalized spacial score (nSPS) is 7.80. The van der Waals surface area contributed by atoms with E-state index in [0.29, 0.717) is 0 Å². The van der Waals surface area contributed by atoms with Crippen LogP contribution in [0, 0.1) is 34.6 Å². The zero-order chi connectivity index (χ0) is 11.1. The highest BCUT2D eigenvalue weighted by Gasteiger charge is 2.08. The fourth-order valence-corrected chi connectivity index (χ4v) is 0.867. The van der Waals surface area contributed by atoms with E-state index >= 15 is 0 Å². The monoisotopic (exact) mass is 201 g/mol. The second-order valence-corrected chi connectivity index (χ2v) is 2.19. The Labute approximate surface area is 85.0 Å². The van der Waals surface area contributed by atoms with Crippen molar-refractivity contribution in [3.63, 3.8) is 0 Å². The van der Waals surface area contributed by atoms with Crippen molar-refractivity contribution in [2.45, 2.75) is 0 Å². The quantitative estimate of drug-likeness (QED) is 0.682. The van der Waals surface area contributed by atoms with E-state index in [-0.39, 0.29) is 17.2 Å². The molecular formula is C9H3N3O3. The number of ether oxygens (including phenoxy) is 3. The standard InChI is InChI=1S/C9H3N3O3/c10-4-13-7-1-2-8(14-5-11)9(3-7)15-6-12/h1-3H. The van der Waals surface area contributed by atoms with Crippen molar-refractivity contribution < 1.29 is 14.2 Å². The molecule has 0 saturated heterocycles. The Morgan fingerprint density at radius 1 is 0.800 bits per heavy atom. The Bertz CT molecular complexity index is 479. The molecule has 15 heavy (non-hydrogen) atoms. The minimum Gasteiger partial charge on any atom is -0.388 e. The average molecular weight is 201 g/mol. The van der Waals surface area contributed by atoms with Crippen molar-refractivity contribution in [1.29, 1.82) is 15.8 Å². The molecule has 0 aliphatic carbocycles. The largest absolute Gasteiger partial charge is 0.388 e. The lowest BCUT2D eigenvalue weighted by molar-refractivity contribution is 0.434. The summed E-state index contributed by atoms with van der Waals surface area (Å²) in [5, 5.41) is 24.9. The number of nitriles is 3. The van der Waals surface area contributed by atoms with E-state index in [1.165, 1.54) is 37.0 Å². The van der Waals surface area contributed by atoms with E-state index in [9.17, 15) is 0 Å². The highest BCUT2D eigenvalue weighted by Crippen LogP contribution is 2.31. The molecule has 0 bridgehead atoms. The Balaban J connectivity index is 3.06. The van der Waals surface area contributed by atoms with Crippen molar-refractivity contribution >= 4 is 0 Å². The van der Waals surface area contributed by atoms with Crippen molar-refractivity contribution in [2.24, 2.45) is 0 Å². The molecule has 0 spiro atoms. The zero-order valence-corrected chi connectivity index (χ0v) is 7.30. The predicted molar refractivity (Wildman–Crippen MR) is 45.2 cm³/mol. The van der Waals surface area contributed by atoms with Crippen molar-refractivity contribution in [1.82, 2.24) is 0 Å². The van der Waals surface area contributed by atoms with Gasteiger partial charge in [0.05, 0.1) is 0 Å². The molecule has 0 heterocycles. The molecule has 0 fully saturated rings. The lowest BCUT2D eigenvalue weighted by Crippen LogP contribution is -1.90. The second kappa shape index (κ2) is 4.96. The van der Waals surface area contributed by atoms with Gasteiger partial charge in [-0.2, -0.15) is 0 Å². The molecule has 0 amide bonds. The highest BCUT2D eigenvalue weighted by molar-refractivity contribution is 5.46. The van der Waals surface area contributed by atoms with Crippen LogP contribution in [0.3, 0.4) is 0 Å². The molecule has 0 radical (unpaired) electrons. The lowest BCUT2D eigenvalue weighted by Gasteiger charge is -2.03. The van der Waals surface area contributed by atoms with E-state index in [4.69, 9.17) is 15.8 Å². The van der Waals surface area contributed by atoms with Gasteiger partial charge >= 0.3 is 0 Å². The SMILES string of the molecule is N#COc1ccc(OC#N)c(OC#N)c1. The van der Waals surface area contributed by atoms with Gasteiger partial charge < -0.3 is 14.2 Å². The van der Waals surface area contributed by atoms with Crippen LogP contribution < -0.4 is 14.2 Å². The zero-order valence-electron chi connectivity index (χ0n) is 7.30. The van der Waals surface area contributed by atoms with E-state index in [1.807, 2.05) is 0 Å². The van der Waals surface area contributed by atoms with Crippen LogP contribution in [0.2, 0.25) is 0 Å². The summed E-state index contributed by atoms with van der Waals surface area (Å²) < 4.78 is 13.5. The van der Waals surface area contributed by atoms with Crippen LogP contribution in [-0.4, -0.2) is 0 Å². The summed E-state index contributed by atoms with van der Waals surface area (Å²) in [4.78, 5) is 0. The third-order valence-electron chi connectivity index (χ3n) is 1.39. The third kappa shape index (κ3) is 2.51. The number of hydrogen-bond acceptors (Lipinski definition) is 6. The van der Waals surface area contributed by atoms with Gasteiger partial charge in [0.25, 0.3) is 18.8 Å². The number of hydrogen-bond donors (Lipinski definition) is 0. The summed E-state index contributed by atoms with van der Waals surface area (Å²) in [6.45, 7) is 0. The molecule has 0 aromatic heterocycles. The van der Waals surface area contributed by atoms with Gasteiger partial charge in [-0.1, -0.05) is 0 Å². The second-order valence-electron chi connectivity index (χ2n) is 2.19. The van der Waals surface area contributed by atoms with E-state index in [1.54, 1.807) is 0 Å². The fraction of sp³-hybridized carbons (Fsp3) is 0. The molecular weight excluding hydrogens is 198 g/mol. The van der Waals surface area contributed by atoms with E-state index in [0.717, 1.165) is 0 Å². The molecule has 1 aromatic carbocycles. The van der Waals surface area contributed by atoms with Gasteiger partial charge in [-0.15, -0.1) is 15.8 Å². The summed E-state index contributed by atoms with van der Waals surface area (Å²) in [5.74, 6) is 0.268. The maximum atomic E-state index is 8.32. The maximum Gasteiger partial charge on any atom is 0.292 e. The van der Waals surface area contributed by atoms with Gasteiger partial charge in [0.1, 0.15) is 5.75 Å².